The van der Waals surface area contributed by atoms with Crippen LogP contribution in [0.1, 0.15) is 5.56 Å². The lowest BCUT2D eigenvalue weighted by molar-refractivity contribution is -0.125. The van der Waals surface area contributed by atoms with Crippen molar-refractivity contribution < 1.29 is 4.79 Å². The first-order chi connectivity index (χ1) is 10.1. The van der Waals surface area contributed by atoms with Crippen molar-refractivity contribution in [3.05, 3.63) is 23.9 Å². The first-order valence-corrected chi connectivity index (χ1v) is 7.38. The van der Waals surface area contributed by atoms with Crippen LogP contribution in [-0.2, 0) is 11.3 Å². The van der Waals surface area contributed by atoms with Gasteiger partial charge < -0.3 is 15.5 Å². The molecule has 1 aliphatic heterocycles. The van der Waals surface area contributed by atoms with Crippen LogP contribution in [0.2, 0.25) is 0 Å². The Morgan fingerprint density at radius 1 is 1.38 bits per heavy atom. The molecule has 2 heterocycles. The molecule has 1 aromatic heterocycles. The van der Waals surface area contributed by atoms with E-state index in [1.165, 1.54) is 5.56 Å². The number of hydrogen-bond acceptors (Lipinski definition) is 5. The standard InChI is InChI=1S/C15H25N5O/c1-16-14-12(5-4-6-18-14)10-20-8-7-19(3)9-13(11-20)15(21)17-2/h4-6,13H,7-11H2,1-3H3,(H,16,18)(H,17,21)/t13-/m0/s1. The van der Waals surface area contributed by atoms with Crippen molar-refractivity contribution in [3.8, 4) is 0 Å². The van der Waals surface area contributed by atoms with E-state index in [0.29, 0.717) is 0 Å². The summed E-state index contributed by atoms with van der Waals surface area (Å²) < 4.78 is 0. The van der Waals surface area contributed by atoms with Gasteiger partial charge in [0.15, 0.2) is 0 Å². The van der Waals surface area contributed by atoms with E-state index in [-0.39, 0.29) is 11.8 Å². The van der Waals surface area contributed by atoms with Gasteiger partial charge in [-0.15, -0.1) is 0 Å². The first kappa shape index (κ1) is 15.7. The van der Waals surface area contributed by atoms with Gasteiger partial charge in [-0.1, -0.05) is 6.07 Å². The van der Waals surface area contributed by atoms with Gasteiger partial charge in [0.05, 0.1) is 5.92 Å². The Hall–Kier alpha value is -1.66. The van der Waals surface area contributed by atoms with Crippen LogP contribution in [0, 0.1) is 5.92 Å². The summed E-state index contributed by atoms with van der Waals surface area (Å²) in [6.07, 6.45) is 1.79. The third-order valence-corrected chi connectivity index (χ3v) is 3.95. The van der Waals surface area contributed by atoms with Crippen LogP contribution >= 0.6 is 0 Å². The van der Waals surface area contributed by atoms with Gasteiger partial charge in [-0.05, 0) is 13.1 Å². The minimum atomic E-state index is 0.0113. The summed E-state index contributed by atoms with van der Waals surface area (Å²) in [5.74, 6) is 1.04. The average molecular weight is 291 g/mol. The number of anilines is 1. The van der Waals surface area contributed by atoms with Crippen molar-refractivity contribution in [1.29, 1.82) is 0 Å². The molecule has 0 bridgehead atoms. The topological polar surface area (TPSA) is 60.5 Å². The molecule has 1 saturated heterocycles. The molecule has 1 amide bonds. The summed E-state index contributed by atoms with van der Waals surface area (Å²) >= 11 is 0. The minimum Gasteiger partial charge on any atom is -0.373 e. The number of nitrogens with zero attached hydrogens (tertiary/aromatic N) is 3. The van der Waals surface area contributed by atoms with Crippen LogP contribution in [-0.4, -0.2) is 68.0 Å². The fourth-order valence-electron chi connectivity index (χ4n) is 2.79. The predicted octanol–water partition coefficient (Wildman–Crippen LogP) is 0.233. The van der Waals surface area contributed by atoms with Crippen LogP contribution in [0.4, 0.5) is 5.82 Å². The zero-order valence-corrected chi connectivity index (χ0v) is 13.1. The molecule has 2 N–H and O–H groups in total. The lowest BCUT2D eigenvalue weighted by Gasteiger charge is -2.23. The Morgan fingerprint density at radius 2 is 2.19 bits per heavy atom. The van der Waals surface area contributed by atoms with Crippen molar-refractivity contribution in [2.75, 3.05) is 52.6 Å². The van der Waals surface area contributed by atoms with Crippen LogP contribution in [0.25, 0.3) is 0 Å². The highest BCUT2D eigenvalue weighted by atomic mass is 16.1. The molecule has 1 fully saturated rings. The monoisotopic (exact) mass is 291 g/mol. The number of likely N-dealkylation sites (N-methyl/N-ethyl adjacent to an activating group) is 1. The molecule has 0 radical (unpaired) electrons. The van der Waals surface area contributed by atoms with Crippen molar-refractivity contribution in [2.24, 2.45) is 5.92 Å². The van der Waals surface area contributed by atoms with Gasteiger partial charge >= 0.3 is 0 Å². The van der Waals surface area contributed by atoms with Crippen LogP contribution in [0.15, 0.2) is 18.3 Å². The summed E-state index contributed by atoms with van der Waals surface area (Å²) in [7, 11) is 5.66. The van der Waals surface area contributed by atoms with Gasteiger partial charge in [0.2, 0.25) is 5.91 Å². The number of amides is 1. The number of carbonyl (C=O) groups is 1. The van der Waals surface area contributed by atoms with Gasteiger partial charge in [0, 0.05) is 58.6 Å². The second-order valence-electron chi connectivity index (χ2n) is 5.57. The molecular weight excluding hydrogens is 266 g/mol. The highest BCUT2D eigenvalue weighted by Gasteiger charge is 2.26. The van der Waals surface area contributed by atoms with E-state index in [1.807, 2.05) is 13.1 Å². The normalized spacial score (nSPS) is 20.8. The molecule has 1 atom stereocenters. The predicted molar refractivity (Wildman–Crippen MR) is 84.1 cm³/mol. The van der Waals surface area contributed by atoms with Crippen molar-refractivity contribution in [2.45, 2.75) is 6.54 Å². The van der Waals surface area contributed by atoms with Gasteiger partial charge in [-0.25, -0.2) is 4.98 Å². The summed E-state index contributed by atoms with van der Waals surface area (Å²) in [6, 6.07) is 4.04. The summed E-state index contributed by atoms with van der Waals surface area (Å²) in [5, 5.41) is 5.90. The summed E-state index contributed by atoms with van der Waals surface area (Å²) in [5.41, 5.74) is 1.17. The lowest BCUT2D eigenvalue weighted by Crippen LogP contribution is -2.39. The lowest BCUT2D eigenvalue weighted by atomic mass is 10.1. The van der Waals surface area contributed by atoms with Crippen LogP contribution in [0.5, 0.6) is 0 Å². The van der Waals surface area contributed by atoms with E-state index < -0.39 is 0 Å². The molecule has 1 aromatic rings. The van der Waals surface area contributed by atoms with E-state index in [0.717, 1.165) is 38.5 Å². The number of rotatable bonds is 4. The fraction of sp³-hybridized carbons (Fsp3) is 0.600. The second kappa shape index (κ2) is 7.38. The quantitative estimate of drug-likeness (QED) is 0.832. The Labute approximate surface area is 126 Å². The Kier molecular flexibility index (Phi) is 5.52. The van der Waals surface area contributed by atoms with E-state index >= 15 is 0 Å². The minimum absolute atomic E-state index is 0.0113. The smallest absolute Gasteiger partial charge is 0.225 e. The van der Waals surface area contributed by atoms with E-state index in [2.05, 4.69) is 38.5 Å². The van der Waals surface area contributed by atoms with Gasteiger partial charge in [-0.2, -0.15) is 0 Å². The van der Waals surface area contributed by atoms with E-state index in [1.54, 1.807) is 13.2 Å². The van der Waals surface area contributed by atoms with Gasteiger partial charge in [0.25, 0.3) is 0 Å². The van der Waals surface area contributed by atoms with Crippen molar-refractivity contribution in [1.82, 2.24) is 20.1 Å². The third kappa shape index (κ3) is 4.15. The molecule has 116 valence electrons. The maximum Gasteiger partial charge on any atom is 0.225 e. The molecule has 6 nitrogen and oxygen atoms in total. The van der Waals surface area contributed by atoms with Crippen LogP contribution in [0.3, 0.4) is 0 Å². The van der Waals surface area contributed by atoms with Gasteiger partial charge in [-0.3, -0.25) is 9.69 Å². The highest BCUT2D eigenvalue weighted by Crippen LogP contribution is 2.16. The van der Waals surface area contributed by atoms with Crippen LogP contribution < -0.4 is 10.6 Å². The fourth-order valence-corrected chi connectivity index (χ4v) is 2.79. The number of carbonyl (C=O) groups excluding carboxylic acids is 1. The molecule has 0 unspecified atom stereocenters. The zero-order chi connectivity index (χ0) is 15.2. The number of aromatic nitrogens is 1. The van der Waals surface area contributed by atoms with Crippen molar-refractivity contribution in [3.63, 3.8) is 0 Å². The number of nitrogens with one attached hydrogen (secondary N) is 2. The third-order valence-electron chi connectivity index (χ3n) is 3.95. The molecule has 0 aromatic carbocycles. The maximum atomic E-state index is 12.0. The molecule has 6 heteroatoms. The Morgan fingerprint density at radius 3 is 2.90 bits per heavy atom. The van der Waals surface area contributed by atoms with Crippen molar-refractivity contribution >= 4 is 11.7 Å². The average Bonchev–Trinajstić information content (AvgIpc) is 2.69. The largest absolute Gasteiger partial charge is 0.373 e. The molecular formula is C15H25N5O. The number of hydrogen-bond donors (Lipinski definition) is 2. The van der Waals surface area contributed by atoms with E-state index in [4.69, 9.17) is 0 Å². The molecule has 2 rings (SSSR count). The molecule has 0 saturated carbocycles. The Balaban J connectivity index is 2.09. The first-order valence-electron chi connectivity index (χ1n) is 7.38. The maximum absolute atomic E-state index is 12.0. The van der Waals surface area contributed by atoms with E-state index in [9.17, 15) is 4.79 Å². The summed E-state index contributed by atoms with van der Waals surface area (Å²) in [6.45, 7) is 4.33. The molecule has 21 heavy (non-hydrogen) atoms. The SMILES string of the molecule is CNC(=O)[C@H]1CN(C)CCN(Cc2cccnc2NC)C1. The molecule has 1 aliphatic rings. The Bertz CT molecular complexity index is 479. The molecule has 0 spiro atoms. The summed E-state index contributed by atoms with van der Waals surface area (Å²) in [4.78, 5) is 20.9. The highest BCUT2D eigenvalue weighted by molar-refractivity contribution is 5.78. The zero-order valence-electron chi connectivity index (χ0n) is 13.1. The second-order valence-corrected chi connectivity index (χ2v) is 5.57. The molecule has 0 aliphatic carbocycles. The van der Waals surface area contributed by atoms with Gasteiger partial charge in [0.1, 0.15) is 5.82 Å². The number of pyridine rings is 1.